The number of carbonyl (C=O) groups excluding carboxylic acids is 1. The molecule has 0 aliphatic rings. The summed E-state index contributed by atoms with van der Waals surface area (Å²) in [6.07, 6.45) is -4.55. The standard InChI is InChI=1S/C21H14ClF5N4O/c22-12-6-14-13-8-17(28-9-11-4-2-1-3-5-11)29-10-16(13)30-18(14)15(7-12)31-19(32)20(23,24)21(25,26)27/h1-8,10,30H,9H2,(H,28,29)(H,31,32). The number of aromatic nitrogens is 2. The molecule has 0 bridgehead atoms. The van der Waals surface area contributed by atoms with Crippen molar-refractivity contribution in [2.24, 2.45) is 0 Å². The van der Waals surface area contributed by atoms with Gasteiger partial charge in [0.25, 0.3) is 0 Å². The highest BCUT2D eigenvalue weighted by Crippen LogP contribution is 2.38. The summed E-state index contributed by atoms with van der Waals surface area (Å²) in [5.74, 6) is -7.56. The van der Waals surface area contributed by atoms with Crippen LogP contribution in [-0.4, -0.2) is 28.0 Å². The van der Waals surface area contributed by atoms with E-state index in [4.69, 9.17) is 11.6 Å². The Morgan fingerprint density at radius 2 is 1.75 bits per heavy atom. The number of amides is 1. The van der Waals surface area contributed by atoms with E-state index in [9.17, 15) is 26.7 Å². The number of halogens is 6. The van der Waals surface area contributed by atoms with Gasteiger partial charge >= 0.3 is 18.0 Å². The molecule has 32 heavy (non-hydrogen) atoms. The molecule has 4 aromatic rings. The number of alkyl halides is 5. The van der Waals surface area contributed by atoms with Crippen molar-refractivity contribution in [2.75, 3.05) is 10.6 Å². The van der Waals surface area contributed by atoms with Crippen molar-refractivity contribution in [3.8, 4) is 0 Å². The quantitative estimate of drug-likeness (QED) is 0.309. The lowest BCUT2D eigenvalue weighted by Crippen LogP contribution is -2.47. The molecule has 3 N–H and O–H groups in total. The van der Waals surface area contributed by atoms with Gasteiger partial charge in [-0.3, -0.25) is 4.79 Å². The summed E-state index contributed by atoms with van der Waals surface area (Å²) in [6, 6.07) is 13.8. The summed E-state index contributed by atoms with van der Waals surface area (Å²) in [5, 5.41) is 5.84. The Morgan fingerprint density at radius 3 is 2.44 bits per heavy atom. The summed E-state index contributed by atoms with van der Waals surface area (Å²) >= 11 is 6.04. The van der Waals surface area contributed by atoms with Crippen molar-refractivity contribution < 1.29 is 26.7 Å². The summed E-state index contributed by atoms with van der Waals surface area (Å²) in [5.41, 5.74) is 1.33. The summed E-state index contributed by atoms with van der Waals surface area (Å²) in [7, 11) is 0. The first kappa shape index (κ1) is 21.8. The van der Waals surface area contributed by atoms with E-state index in [1.807, 2.05) is 30.3 Å². The van der Waals surface area contributed by atoms with E-state index in [1.54, 1.807) is 11.4 Å². The number of anilines is 2. The minimum atomic E-state index is -6.03. The number of pyridine rings is 1. The predicted molar refractivity (Wildman–Crippen MR) is 112 cm³/mol. The second-order valence-electron chi connectivity index (χ2n) is 6.98. The van der Waals surface area contributed by atoms with Crippen LogP contribution in [-0.2, 0) is 11.3 Å². The number of hydrogen-bond donors (Lipinski definition) is 3. The molecule has 0 fully saturated rings. The Morgan fingerprint density at radius 1 is 1.03 bits per heavy atom. The number of fused-ring (bicyclic) bond motifs is 3. The van der Waals surface area contributed by atoms with Crippen molar-refractivity contribution in [1.82, 2.24) is 9.97 Å². The van der Waals surface area contributed by atoms with Gasteiger partial charge in [0, 0.05) is 22.3 Å². The fourth-order valence-corrected chi connectivity index (χ4v) is 3.40. The van der Waals surface area contributed by atoms with Crippen LogP contribution >= 0.6 is 11.6 Å². The highest BCUT2D eigenvalue weighted by Gasteiger charge is 2.63. The third-order valence-corrected chi connectivity index (χ3v) is 4.98. The van der Waals surface area contributed by atoms with E-state index in [1.165, 1.54) is 12.3 Å². The predicted octanol–water partition coefficient (Wildman–Crippen LogP) is 6.12. The normalized spacial score (nSPS) is 12.3. The fourth-order valence-electron chi connectivity index (χ4n) is 3.18. The molecule has 0 atom stereocenters. The van der Waals surface area contributed by atoms with E-state index < -0.39 is 18.0 Å². The number of nitrogens with one attached hydrogen (secondary N) is 3. The molecule has 1 amide bonds. The molecular weight excluding hydrogens is 455 g/mol. The van der Waals surface area contributed by atoms with Crippen LogP contribution < -0.4 is 10.6 Å². The molecule has 2 aromatic heterocycles. The number of rotatable bonds is 5. The minimum absolute atomic E-state index is 0.0413. The molecule has 0 aliphatic heterocycles. The maximum atomic E-state index is 13.4. The molecule has 0 saturated carbocycles. The van der Waals surface area contributed by atoms with E-state index in [-0.39, 0.29) is 16.2 Å². The molecule has 0 radical (unpaired) electrons. The van der Waals surface area contributed by atoms with E-state index in [2.05, 4.69) is 15.3 Å². The molecule has 4 rings (SSSR count). The van der Waals surface area contributed by atoms with Crippen molar-refractivity contribution in [1.29, 1.82) is 0 Å². The molecule has 2 aromatic carbocycles. The first-order valence-corrected chi connectivity index (χ1v) is 9.59. The topological polar surface area (TPSA) is 69.8 Å². The Balaban J connectivity index is 1.69. The van der Waals surface area contributed by atoms with Gasteiger partial charge < -0.3 is 15.6 Å². The van der Waals surface area contributed by atoms with Crippen LogP contribution in [0.3, 0.4) is 0 Å². The fraction of sp³-hybridized carbons (Fsp3) is 0.143. The minimum Gasteiger partial charge on any atom is -0.366 e. The number of benzene rings is 2. The number of H-pyrrole nitrogens is 1. The average Bonchev–Trinajstić information content (AvgIpc) is 3.10. The Bertz CT molecular complexity index is 1300. The van der Waals surface area contributed by atoms with Crippen LogP contribution in [0.25, 0.3) is 21.8 Å². The van der Waals surface area contributed by atoms with E-state index in [0.717, 1.165) is 11.6 Å². The third-order valence-electron chi connectivity index (χ3n) is 4.76. The van der Waals surface area contributed by atoms with Gasteiger partial charge in [0.1, 0.15) is 5.82 Å². The molecule has 11 heteroatoms. The second kappa shape index (κ2) is 7.94. The number of carbonyl (C=O) groups is 1. The monoisotopic (exact) mass is 468 g/mol. The maximum absolute atomic E-state index is 13.4. The first-order chi connectivity index (χ1) is 15.1. The SMILES string of the molecule is O=C(Nc1cc(Cl)cc2c1[nH]c1cnc(NCc3ccccc3)cc12)C(F)(F)C(F)(F)F. The zero-order valence-electron chi connectivity index (χ0n) is 16.0. The van der Waals surface area contributed by atoms with Gasteiger partial charge in [0.2, 0.25) is 0 Å². The van der Waals surface area contributed by atoms with E-state index in [0.29, 0.717) is 28.7 Å². The lowest BCUT2D eigenvalue weighted by atomic mass is 10.1. The third kappa shape index (κ3) is 4.05. The van der Waals surface area contributed by atoms with Crippen LogP contribution in [0.15, 0.2) is 54.7 Å². The van der Waals surface area contributed by atoms with Gasteiger partial charge in [-0.1, -0.05) is 41.9 Å². The van der Waals surface area contributed by atoms with Crippen molar-refractivity contribution >= 4 is 50.8 Å². The van der Waals surface area contributed by atoms with Gasteiger partial charge in [-0.2, -0.15) is 22.0 Å². The maximum Gasteiger partial charge on any atom is 0.463 e. The number of nitrogens with zero attached hydrogens (tertiary/aromatic N) is 1. The molecule has 0 aliphatic carbocycles. The summed E-state index contributed by atoms with van der Waals surface area (Å²) in [6.45, 7) is 0.496. The number of aromatic amines is 1. The Hall–Kier alpha value is -3.40. The highest BCUT2D eigenvalue weighted by atomic mass is 35.5. The lowest BCUT2D eigenvalue weighted by molar-refractivity contribution is -0.267. The summed E-state index contributed by atoms with van der Waals surface area (Å²) < 4.78 is 64.4. The van der Waals surface area contributed by atoms with Crippen LogP contribution in [0.5, 0.6) is 0 Å². The first-order valence-electron chi connectivity index (χ1n) is 9.21. The molecule has 0 saturated heterocycles. The van der Waals surface area contributed by atoms with Crippen molar-refractivity contribution in [2.45, 2.75) is 18.6 Å². The van der Waals surface area contributed by atoms with Crippen LogP contribution in [0, 0.1) is 0 Å². The van der Waals surface area contributed by atoms with Crippen molar-refractivity contribution in [3.05, 3.63) is 65.3 Å². The molecule has 0 spiro atoms. The van der Waals surface area contributed by atoms with Gasteiger partial charge in [0.05, 0.1) is 22.9 Å². The molecule has 166 valence electrons. The molecule has 2 heterocycles. The van der Waals surface area contributed by atoms with Gasteiger partial charge in [-0.15, -0.1) is 0 Å². The smallest absolute Gasteiger partial charge is 0.366 e. The molecule has 5 nitrogen and oxygen atoms in total. The van der Waals surface area contributed by atoms with Crippen LogP contribution in [0.1, 0.15) is 5.56 Å². The Labute approximate surface area is 182 Å². The van der Waals surface area contributed by atoms with Gasteiger partial charge in [-0.05, 0) is 23.8 Å². The average molecular weight is 469 g/mol. The lowest BCUT2D eigenvalue weighted by Gasteiger charge is -2.19. The van der Waals surface area contributed by atoms with Crippen LogP contribution in [0.2, 0.25) is 5.02 Å². The Kier molecular flexibility index (Phi) is 5.41. The zero-order chi connectivity index (χ0) is 23.1. The largest absolute Gasteiger partial charge is 0.463 e. The highest BCUT2D eigenvalue weighted by molar-refractivity contribution is 6.33. The zero-order valence-corrected chi connectivity index (χ0v) is 16.8. The van der Waals surface area contributed by atoms with Gasteiger partial charge in [-0.25, -0.2) is 4.98 Å². The van der Waals surface area contributed by atoms with Crippen LogP contribution in [0.4, 0.5) is 33.5 Å². The number of hydrogen-bond acceptors (Lipinski definition) is 3. The summed E-state index contributed by atoms with van der Waals surface area (Å²) in [4.78, 5) is 18.8. The van der Waals surface area contributed by atoms with E-state index >= 15 is 0 Å². The van der Waals surface area contributed by atoms with Crippen molar-refractivity contribution in [3.63, 3.8) is 0 Å². The molecule has 0 unspecified atom stereocenters. The van der Waals surface area contributed by atoms with Gasteiger partial charge in [0.15, 0.2) is 0 Å². The second-order valence-corrected chi connectivity index (χ2v) is 7.42. The molecular formula is C21H14ClF5N4O.